The lowest BCUT2D eigenvalue weighted by molar-refractivity contribution is 0.0385. The van der Waals surface area contributed by atoms with Crippen LogP contribution in [0, 0.1) is 11.6 Å². The first-order valence-corrected chi connectivity index (χ1v) is 15.4. The number of fused-ring (bicyclic) bond motifs is 1. The van der Waals surface area contributed by atoms with Gasteiger partial charge in [0.05, 0.1) is 23.7 Å². The summed E-state index contributed by atoms with van der Waals surface area (Å²) in [7, 11) is -3.97. The second kappa shape index (κ2) is 12.3. The lowest BCUT2D eigenvalue weighted by atomic mass is 9.87. The Morgan fingerprint density at radius 1 is 1.02 bits per heavy atom. The smallest absolute Gasteiger partial charge is 0.393 e. The number of halogens is 2. The summed E-state index contributed by atoms with van der Waals surface area (Å²) in [4.78, 5) is 17.9. The van der Waals surface area contributed by atoms with Crippen LogP contribution in [0.25, 0.3) is 22.0 Å². The Hall–Kier alpha value is -4.00. The van der Waals surface area contributed by atoms with Crippen molar-refractivity contribution in [3.8, 4) is 17.0 Å². The second-order valence-electron chi connectivity index (χ2n) is 11.4. The van der Waals surface area contributed by atoms with Crippen LogP contribution >= 0.6 is 0 Å². The summed E-state index contributed by atoms with van der Waals surface area (Å²) >= 11 is 0. The fourth-order valence-corrected chi connectivity index (χ4v) is 5.93. The molecule has 43 heavy (non-hydrogen) atoms. The van der Waals surface area contributed by atoms with Crippen LogP contribution in [0.1, 0.15) is 26.3 Å². The van der Waals surface area contributed by atoms with Crippen molar-refractivity contribution in [3.63, 3.8) is 0 Å². The number of anilines is 1. The zero-order valence-electron chi connectivity index (χ0n) is 24.2. The van der Waals surface area contributed by atoms with Crippen LogP contribution in [0.2, 0.25) is 0 Å². The molecule has 2 heterocycles. The molecule has 9 nitrogen and oxygen atoms in total. The van der Waals surface area contributed by atoms with Crippen molar-refractivity contribution in [3.05, 3.63) is 77.9 Å². The van der Waals surface area contributed by atoms with Crippen molar-refractivity contribution in [2.24, 2.45) is 0 Å². The van der Waals surface area contributed by atoms with Crippen LogP contribution in [0.4, 0.5) is 19.3 Å². The normalized spacial score (nSPS) is 14.5. The number of nitrogens with zero attached hydrogens (tertiary/aromatic N) is 1. The lowest BCUT2D eigenvalue weighted by Gasteiger charge is -2.26. The summed E-state index contributed by atoms with van der Waals surface area (Å²) < 4.78 is 69.1. The maximum atomic E-state index is 15.0. The number of sulfonamides is 1. The number of amides is 1. The molecule has 1 aliphatic heterocycles. The summed E-state index contributed by atoms with van der Waals surface area (Å²) in [5.41, 5.74) is 1.38. The van der Waals surface area contributed by atoms with Gasteiger partial charge in [-0.05, 0) is 59.5 Å². The van der Waals surface area contributed by atoms with Crippen molar-refractivity contribution < 1.29 is 31.5 Å². The average molecular weight is 613 g/mol. The number of rotatable bonds is 8. The predicted octanol–water partition coefficient (Wildman–Crippen LogP) is 5.63. The zero-order chi connectivity index (χ0) is 30.8. The molecule has 1 fully saturated rings. The number of aromatic amines is 1. The topological polar surface area (TPSA) is 113 Å². The molecule has 12 heteroatoms. The number of nitrogens with one attached hydrogen (secondary N) is 3. The van der Waals surface area contributed by atoms with E-state index in [1.54, 1.807) is 18.2 Å². The highest BCUT2D eigenvalue weighted by molar-refractivity contribution is 7.92. The van der Waals surface area contributed by atoms with Crippen LogP contribution in [0.15, 0.2) is 65.6 Å². The Labute approximate surface area is 249 Å². The molecule has 5 rings (SSSR count). The molecule has 1 amide bonds. The van der Waals surface area contributed by atoms with Gasteiger partial charge < -0.3 is 19.8 Å². The number of carbonyl (C=O) groups is 1. The Bertz CT molecular complexity index is 1730. The van der Waals surface area contributed by atoms with E-state index in [9.17, 15) is 17.6 Å². The molecular weight excluding hydrogens is 578 g/mol. The quantitative estimate of drug-likeness (QED) is 0.238. The fraction of sp³-hybridized carbons (Fsp3) is 0.323. The Kier molecular flexibility index (Phi) is 8.72. The zero-order valence-corrected chi connectivity index (χ0v) is 25.0. The number of H-pyrrole nitrogens is 1. The first kappa shape index (κ1) is 30.5. The second-order valence-corrected chi connectivity index (χ2v) is 13.0. The van der Waals surface area contributed by atoms with E-state index < -0.39 is 27.8 Å². The molecular formula is C31H34F2N4O5S. The molecule has 0 saturated carbocycles. The van der Waals surface area contributed by atoms with E-state index in [2.05, 4.69) is 19.9 Å². The van der Waals surface area contributed by atoms with E-state index in [1.807, 2.05) is 20.8 Å². The van der Waals surface area contributed by atoms with E-state index >= 15 is 4.39 Å². The maximum absolute atomic E-state index is 15.0. The molecule has 0 atom stereocenters. The third kappa shape index (κ3) is 7.15. The first-order valence-electron chi connectivity index (χ1n) is 13.9. The van der Waals surface area contributed by atoms with Crippen LogP contribution < -0.4 is 14.8 Å². The van der Waals surface area contributed by atoms with Crippen molar-refractivity contribution >= 4 is 32.7 Å². The van der Waals surface area contributed by atoms with Gasteiger partial charge in [0, 0.05) is 48.3 Å². The van der Waals surface area contributed by atoms with Gasteiger partial charge >= 0.3 is 6.09 Å². The van der Waals surface area contributed by atoms with Gasteiger partial charge in [0.1, 0.15) is 11.6 Å². The minimum absolute atomic E-state index is 0.0730. The molecule has 3 aromatic carbocycles. The third-order valence-electron chi connectivity index (χ3n) is 7.24. The fourth-order valence-electron chi connectivity index (χ4n) is 4.88. The first-order chi connectivity index (χ1) is 20.4. The van der Waals surface area contributed by atoms with Crippen LogP contribution in [-0.2, 0) is 20.2 Å². The Morgan fingerprint density at radius 2 is 1.74 bits per heavy atom. The molecule has 0 unspecified atom stereocenters. The number of morpholine rings is 1. The highest BCUT2D eigenvalue weighted by Crippen LogP contribution is 2.40. The number of carbonyl (C=O) groups excluding carboxylic acids is 1. The minimum atomic E-state index is -3.97. The number of benzene rings is 3. The molecule has 1 aliphatic rings. The van der Waals surface area contributed by atoms with E-state index in [1.165, 1.54) is 24.3 Å². The molecule has 228 valence electrons. The molecule has 0 spiro atoms. The van der Waals surface area contributed by atoms with E-state index in [0.29, 0.717) is 37.2 Å². The highest BCUT2D eigenvalue weighted by Gasteiger charge is 2.23. The average Bonchev–Trinajstić information content (AvgIpc) is 3.31. The number of hydrogen-bond acceptors (Lipinski definition) is 6. The van der Waals surface area contributed by atoms with Gasteiger partial charge in [0.25, 0.3) is 10.0 Å². The molecule has 3 N–H and O–H groups in total. The van der Waals surface area contributed by atoms with Crippen molar-refractivity contribution in [2.45, 2.75) is 31.1 Å². The van der Waals surface area contributed by atoms with Crippen molar-refractivity contribution in [1.82, 2.24) is 15.2 Å². The maximum Gasteiger partial charge on any atom is 0.413 e. The van der Waals surface area contributed by atoms with Crippen molar-refractivity contribution in [2.75, 3.05) is 44.1 Å². The third-order valence-corrected chi connectivity index (χ3v) is 8.64. The van der Waals surface area contributed by atoms with Gasteiger partial charge in [-0.2, -0.15) is 0 Å². The summed E-state index contributed by atoms with van der Waals surface area (Å²) in [5, 5.41) is 3.00. The summed E-state index contributed by atoms with van der Waals surface area (Å²) in [5.74, 6) is -1.55. The Morgan fingerprint density at radius 3 is 2.44 bits per heavy atom. The number of hydrogen-bond donors (Lipinski definition) is 3. The number of aromatic nitrogens is 1. The summed E-state index contributed by atoms with van der Waals surface area (Å²) in [6, 6.07) is 14.1. The molecule has 1 aromatic heterocycles. The van der Waals surface area contributed by atoms with E-state index in [-0.39, 0.29) is 33.0 Å². The van der Waals surface area contributed by atoms with Crippen LogP contribution in [-0.4, -0.2) is 63.8 Å². The standard InChI is InChI=1S/C31H34F2N4O5S/c1-31(2,3)20-4-8-23(9-5-20)43(39,40)36-22-7-11-27-25(19-22)28(24-18-21(32)6-10-26(24)33)29(35-27)42-30(38)34-12-13-37-14-16-41-17-15-37/h4-11,18-19,35-36H,12-17H2,1-3H3,(H,34,38). The SMILES string of the molecule is CC(C)(C)c1ccc(S(=O)(=O)Nc2ccc3[nH]c(OC(=O)NCCN4CCOCC4)c(-c4cc(F)ccc4F)c3c2)cc1. The van der Waals surface area contributed by atoms with Gasteiger partial charge in [-0.15, -0.1) is 0 Å². The Balaban J connectivity index is 1.43. The molecule has 0 radical (unpaired) electrons. The molecule has 0 aliphatic carbocycles. The minimum Gasteiger partial charge on any atom is -0.393 e. The summed E-state index contributed by atoms with van der Waals surface area (Å²) in [6.07, 6.45) is -0.780. The van der Waals surface area contributed by atoms with Crippen LogP contribution in [0.5, 0.6) is 5.88 Å². The van der Waals surface area contributed by atoms with E-state index in [0.717, 1.165) is 36.9 Å². The van der Waals surface area contributed by atoms with Crippen LogP contribution in [0.3, 0.4) is 0 Å². The van der Waals surface area contributed by atoms with Gasteiger partial charge in [-0.25, -0.2) is 22.0 Å². The highest BCUT2D eigenvalue weighted by atomic mass is 32.2. The molecule has 1 saturated heterocycles. The largest absolute Gasteiger partial charge is 0.413 e. The van der Waals surface area contributed by atoms with Gasteiger partial charge in [-0.3, -0.25) is 9.62 Å². The van der Waals surface area contributed by atoms with Crippen molar-refractivity contribution in [1.29, 1.82) is 0 Å². The monoisotopic (exact) mass is 612 g/mol. The summed E-state index contributed by atoms with van der Waals surface area (Å²) in [6.45, 7) is 9.79. The molecule has 4 aromatic rings. The van der Waals surface area contributed by atoms with Gasteiger partial charge in [-0.1, -0.05) is 32.9 Å². The molecule has 0 bridgehead atoms. The predicted molar refractivity (Wildman–Crippen MR) is 161 cm³/mol. The van der Waals surface area contributed by atoms with E-state index in [4.69, 9.17) is 9.47 Å². The lowest BCUT2D eigenvalue weighted by Crippen LogP contribution is -2.41. The van der Waals surface area contributed by atoms with Gasteiger partial charge in [0.2, 0.25) is 5.88 Å². The number of ether oxygens (including phenoxy) is 2. The van der Waals surface area contributed by atoms with Gasteiger partial charge in [0.15, 0.2) is 0 Å².